The summed E-state index contributed by atoms with van der Waals surface area (Å²) < 4.78 is 22.2. The number of nitrogens with zero attached hydrogens (tertiary/aromatic N) is 1. The van der Waals surface area contributed by atoms with Crippen molar-refractivity contribution < 1.29 is 23.7 Å². The van der Waals surface area contributed by atoms with Crippen LogP contribution in [0, 0.1) is 0 Å². The number of benzene rings is 1. The van der Waals surface area contributed by atoms with Gasteiger partial charge in [0.1, 0.15) is 13.2 Å². The molecule has 0 spiro atoms. The van der Waals surface area contributed by atoms with Crippen molar-refractivity contribution in [1.29, 1.82) is 0 Å². The third-order valence-electron chi connectivity index (χ3n) is 4.58. The van der Waals surface area contributed by atoms with E-state index >= 15 is 0 Å². The third kappa shape index (κ3) is 2.88. The van der Waals surface area contributed by atoms with Crippen molar-refractivity contribution >= 4 is 5.91 Å². The number of carbonyl (C=O) groups excluding carboxylic acids is 1. The molecule has 1 amide bonds. The molecule has 6 heteroatoms. The summed E-state index contributed by atoms with van der Waals surface area (Å²) in [5, 5.41) is 0. The first-order valence-corrected chi connectivity index (χ1v) is 8.22. The maximum atomic E-state index is 12.7. The topological polar surface area (TPSA) is 57.2 Å². The second kappa shape index (κ2) is 6.37. The van der Waals surface area contributed by atoms with Crippen LogP contribution in [0.5, 0.6) is 11.5 Å². The van der Waals surface area contributed by atoms with Gasteiger partial charge in [-0.1, -0.05) is 6.07 Å². The lowest BCUT2D eigenvalue weighted by Gasteiger charge is -2.31. The van der Waals surface area contributed by atoms with Crippen molar-refractivity contribution in [3.05, 3.63) is 23.8 Å². The van der Waals surface area contributed by atoms with Crippen LogP contribution in [0.1, 0.15) is 24.4 Å². The second-order valence-electron chi connectivity index (χ2n) is 6.03. The van der Waals surface area contributed by atoms with Crippen LogP contribution in [-0.2, 0) is 14.3 Å². The molecule has 2 fully saturated rings. The highest BCUT2D eigenvalue weighted by molar-refractivity contribution is 5.82. The summed E-state index contributed by atoms with van der Waals surface area (Å²) in [6.45, 7) is 3.31. The number of ether oxygens (including phenoxy) is 4. The van der Waals surface area contributed by atoms with E-state index in [0.29, 0.717) is 33.0 Å². The minimum atomic E-state index is -0.471. The van der Waals surface area contributed by atoms with Gasteiger partial charge in [-0.2, -0.15) is 0 Å². The molecular formula is C17H21NO5. The lowest BCUT2D eigenvalue weighted by atomic mass is 10.0. The molecule has 2 unspecified atom stereocenters. The van der Waals surface area contributed by atoms with Gasteiger partial charge in [-0.3, -0.25) is 4.79 Å². The molecule has 1 aromatic carbocycles. The first kappa shape index (κ1) is 14.8. The van der Waals surface area contributed by atoms with Crippen molar-refractivity contribution in [2.24, 2.45) is 0 Å². The van der Waals surface area contributed by atoms with Crippen molar-refractivity contribution in [2.45, 2.75) is 25.0 Å². The van der Waals surface area contributed by atoms with Crippen molar-refractivity contribution in [1.82, 2.24) is 4.90 Å². The largest absolute Gasteiger partial charge is 0.486 e. The highest BCUT2D eigenvalue weighted by Crippen LogP contribution is 2.38. The molecule has 1 aromatic rings. The predicted octanol–water partition coefficient (Wildman–Crippen LogP) is 1.54. The summed E-state index contributed by atoms with van der Waals surface area (Å²) in [6, 6.07) is 6.04. The molecule has 0 N–H and O–H groups in total. The number of carbonyl (C=O) groups is 1. The van der Waals surface area contributed by atoms with Gasteiger partial charge in [0.2, 0.25) is 0 Å². The molecule has 3 aliphatic heterocycles. The van der Waals surface area contributed by atoms with Crippen molar-refractivity contribution in [3.63, 3.8) is 0 Å². The number of rotatable bonds is 2. The Bertz CT molecular complexity index is 584. The zero-order valence-electron chi connectivity index (χ0n) is 13.0. The zero-order chi connectivity index (χ0) is 15.6. The maximum Gasteiger partial charge on any atom is 0.254 e. The molecule has 2 atom stereocenters. The molecule has 0 aromatic heterocycles. The molecular weight excluding hydrogens is 298 g/mol. The molecule has 0 bridgehead atoms. The Morgan fingerprint density at radius 3 is 2.78 bits per heavy atom. The Morgan fingerprint density at radius 1 is 1.09 bits per heavy atom. The number of amides is 1. The maximum absolute atomic E-state index is 12.7. The average molecular weight is 319 g/mol. The lowest BCUT2D eigenvalue weighted by Crippen LogP contribution is -2.45. The highest BCUT2D eigenvalue weighted by atomic mass is 16.6. The zero-order valence-corrected chi connectivity index (χ0v) is 13.0. The van der Waals surface area contributed by atoms with Crippen LogP contribution in [0.2, 0.25) is 0 Å². The van der Waals surface area contributed by atoms with E-state index in [1.807, 2.05) is 23.1 Å². The Kier molecular flexibility index (Phi) is 4.10. The summed E-state index contributed by atoms with van der Waals surface area (Å²) in [5.41, 5.74) is 1.09. The second-order valence-corrected chi connectivity index (χ2v) is 6.03. The van der Waals surface area contributed by atoms with Crippen LogP contribution in [0.3, 0.4) is 0 Å². The fraction of sp³-hybridized carbons (Fsp3) is 0.588. The molecule has 0 radical (unpaired) electrons. The lowest BCUT2D eigenvalue weighted by molar-refractivity contribution is -0.158. The van der Waals surface area contributed by atoms with E-state index in [4.69, 9.17) is 18.9 Å². The summed E-state index contributed by atoms with van der Waals surface area (Å²) in [4.78, 5) is 14.7. The van der Waals surface area contributed by atoms with Gasteiger partial charge in [0.05, 0.1) is 25.9 Å². The Balaban J connectivity index is 1.54. The number of likely N-dealkylation sites (tertiary alicyclic amines) is 1. The first-order valence-electron chi connectivity index (χ1n) is 8.22. The van der Waals surface area contributed by atoms with E-state index in [9.17, 15) is 4.79 Å². The van der Waals surface area contributed by atoms with E-state index in [0.717, 1.165) is 36.4 Å². The fourth-order valence-electron chi connectivity index (χ4n) is 3.46. The Morgan fingerprint density at radius 2 is 1.96 bits per heavy atom. The minimum Gasteiger partial charge on any atom is -0.486 e. The average Bonchev–Trinajstić information content (AvgIpc) is 3.11. The molecule has 6 nitrogen and oxygen atoms in total. The molecule has 4 rings (SSSR count). The minimum absolute atomic E-state index is 0.0297. The van der Waals surface area contributed by atoms with Gasteiger partial charge < -0.3 is 23.8 Å². The van der Waals surface area contributed by atoms with Crippen molar-refractivity contribution in [2.75, 3.05) is 39.6 Å². The van der Waals surface area contributed by atoms with Gasteiger partial charge in [-0.15, -0.1) is 0 Å². The Hall–Kier alpha value is -1.79. The summed E-state index contributed by atoms with van der Waals surface area (Å²) >= 11 is 0. The molecule has 0 aliphatic carbocycles. The van der Waals surface area contributed by atoms with Crippen LogP contribution < -0.4 is 9.47 Å². The van der Waals surface area contributed by atoms with E-state index < -0.39 is 6.10 Å². The SMILES string of the molecule is O=C(C1COCCO1)N1CCCC1c1ccc2c(c1)OCCO2. The number of hydrogen-bond donors (Lipinski definition) is 0. The van der Waals surface area contributed by atoms with Crippen molar-refractivity contribution in [3.8, 4) is 11.5 Å². The van der Waals surface area contributed by atoms with E-state index in [2.05, 4.69) is 0 Å². The molecule has 124 valence electrons. The van der Waals surface area contributed by atoms with Crippen LogP contribution >= 0.6 is 0 Å². The standard InChI is InChI=1S/C17H21NO5/c19-17(16-11-20-6-7-23-16)18-5-1-2-13(18)12-3-4-14-15(10-12)22-9-8-21-14/h3-4,10,13,16H,1-2,5-9,11H2. The molecule has 23 heavy (non-hydrogen) atoms. The fourth-order valence-corrected chi connectivity index (χ4v) is 3.46. The van der Waals surface area contributed by atoms with Crippen LogP contribution in [0.15, 0.2) is 18.2 Å². The summed E-state index contributed by atoms with van der Waals surface area (Å²) in [5.74, 6) is 1.58. The molecule has 3 heterocycles. The van der Waals surface area contributed by atoms with Crippen LogP contribution in [-0.4, -0.2) is 56.5 Å². The quantitative estimate of drug-likeness (QED) is 0.827. The van der Waals surface area contributed by atoms with Gasteiger partial charge in [0.15, 0.2) is 17.6 Å². The molecule has 2 saturated heterocycles. The summed E-state index contributed by atoms with van der Waals surface area (Å²) in [6.07, 6.45) is 1.48. The predicted molar refractivity (Wildman–Crippen MR) is 81.7 cm³/mol. The molecule has 3 aliphatic rings. The van der Waals surface area contributed by atoms with Gasteiger partial charge >= 0.3 is 0 Å². The monoisotopic (exact) mass is 319 g/mol. The summed E-state index contributed by atoms with van der Waals surface area (Å²) in [7, 11) is 0. The first-order chi connectivity index (χ1) is 11.3. The van der Waals surface area contributed by atoms with Gasteiger partial charge in [-0.25, -0.2) is 0 Å². The smallest absolute Gasteiger partial charge is 0.254 e. The van der Waals surface area contributed by atoms with E-state index in [1.165, 1.54) is 0 Å². The van der Waals surface area contributed by atoms with Gasteiger partial charge in [-0.05, 0) is 30.5 Å². The number of hydrogen-bond acceptors (Lipinski definition) is 5. The van der Waals surface area contributed by atoms with E-state index in [-0.39, 0.29) is 11.9 Å². The third-order valence-corrected chi connectivity index (χ3v) is 4.58. The van der Waals surface area contributed by atoms with E-state index in [1.54, 1.807) is 0 Å². The van der Waals surface area contributed by atoms with Crippen LogP contribution in [0.4, 0.5) is 0 Å². The number of fused-ring (bicyclic) bond motifs is 1. The molecule has 0 saturated carbocycles. The van der Waals surface area contributed by atoms with Gasteiger partial charge in [0.25, 0.3) is 5.91 Å². The Labute approximate surface area is 135 Å². The van der Waals surface area contributed by atoms with Gasteiger partial charge in [0, 0.05) is 6.54 Å². The van der Waals surface area contributed by atoms with Crippen LogP contribution in [0.25, 0.3) is 0 Å². The highest BCUT2D eigenvalue weighted by Gasteiger charge is 2.35. The normalized spacial score (nSPS) is 27.0.